The molecule has 20 heavy (non-hydrogen) atoms. The number of sulfone groups is 1. The van der Waals surface area contributed by atoms with Crippen LogP contribution in [0.4, 0.5) is 0 Å². The first-order valence-electron chi connectivity index (χ1n) is 6.29. The van der Waals surface area contributed by atoms with Crippen molar-refractivity contribution < 1.29 is 17.4 Å². The second kappa shape index (κ2) is 5.83. The van der Waals surface area contributed by atoms with Crippen molar-refractivity contribution in [2.75, 3.05) is 24.9 Å². The molecule has 1 aromatic rings. The molecule has 0 aliphatic heterocycles. The van der Waals surface area contributed by atoms with Crippen molar-refractivity contribution in [3.05, 3.63) is 29.3 Å². The molecule has 3 unspecified atom stereocenters. The molecule has 3 atom stereocenters. The summed E-state index contributed by atoms with van der Waals surface area (Å²) in [5.74, 6) is 0.798. The number of ether oxygens (including phenoxy) is 1. The predicted octanol–water partition coefficient (Wildman–Crippen LogP) is 0.413. The Morgan fingerprint density at radius 1 is 1.45 bits per heavy atom. The van der Waals surface area contributed by atoms with Crippen LogP contribution in [0.2, 0.25) is 0 Å². The Labute approximate surface area is 121 Å². The standard InChI is InChI=1S/C13H19NO4S2/c1-18-10-4-3-9-7-12(13(14)11(9)8-10)19(15)5-6-20(2,16)17/h3-4,8,12-13H,5-7,14H2,1-2H3. The number of benzene rings is 1. The van der Waals surface area contributed by atoms with Gasteiger partial charge in [-0.1, -0.05) is 6.07 Å². The molecule has 1 aliphatic carbocycles. The molecule has 1 aliphatic rings. The molecule has 112 valence electrons. The lowest BCUT2D eigenvalue weighted by Gasteiger charge is -2.15. The number of hydrogen-bond acceptors (Lipinski definition) is 5. The highest BCUT2D eigenvalue weighted by atomic mass is 32.2. The molecular formula is C13H19NO4S2. The van der Waals surface area contributed by atoms with Gasteiger partial charge in [-0.25, -0.2) is 8.42 Å². The fraction of sp³-hybridized carbons (Fsp3) is 0.538. The number of rotatable bonds is 5. The van der Waals surface area contributed by atoms with Crippen LogP contribution in [0.25, 0.3) is 0 Å². The second-order valence-corrected chi connectivity index (χ2v) is 9.08. The van der Waals surface area contributed by atoms with Crippen molar-refractivity contribution in [3.63, 3.8) is 0 Å². The summed E-state index contributed by atoms with van der Waals surface area (Å²) in [6, 6.07) is 5.32. The maximum absolute atomic E-state index is 12.3. The van der Waals surface area contributed by atoms with Gasteiger partial charge in [0.15, 0.2) is 0 Å². The number of nitrogens with two attached hydrogens (primary N) is 1. The fourth-order valence-corrected chi connectivity index (χ4v) is 5.39. The minimum Gasteiger partial charge on any atom is -0.497 e. The topological polar surface area (TPSA) is 86.5 Å². The largest absolute Gasteiger partial charge is 0.497 e. The Hall–Kier alpha value is -0.920. The van der Waals surface area contributed by atoms with Crippen LogP contribution in [0.15, 0.2) is 18.2 Å². The van der Waals surface area contributed by atoms with Gasteiger partial charge in [0.1, 0.15) is 15.6 Å². The van der Waals surface area contributed by atoms with Crippen LogP contribution in [-0.4, -0.2) is 42.7 Å². The summed E-state index contributed by atoms with van der Waals surface area (Å²) in [6.07, 6.45) is 1.77. The first-order chi connectivity index (χ1) is 9.31. The number of hydrogen-bond donors (Lipinski definition) is 1. The van der Waals surface area contributed by atoms with E-state index in [1.165, 1.54) is 0 Å². The summed E-state index contributed by atoms with van der Waals surface area (Å²) in [4.78, 5) is 0. The van der Waals surface area contributed by atoms with Crippen molar-refractivity contribution >= 4 is 20.6 Å². The van der Waals surface area contributed by atoms with Crippen LogP contribution in [0, 0.1) is 0 Å². The highest BCUT2D eigenvalue weighted by Gasteiger charge is 2.34. The molecule has 2 rings (SSSR count). The molecule has 2 N–H and O–H groups in total. The van der Waals surface area contributed by atoms with E-state index in [0.29, 0.717) is 6.42 Å². The lowest BCUT2D eigenvalue weighted by molar-refractivity contribution is 0.414. The van der Waals surface area contributed by atoms with E-state index in [1.807, 2.05) is 18.2 Å². The molecule has 0 saturated heterocycles. The van der Waals surface area contributed by atoms with Gasteiger partial charge in [0.25, 0.3) is 0 Å². The normalized spacial score (nSPS) is 23.4. The fourth-order valence-electron chi connectivity index (χ4n) is 2.38. The molecule has 5 nitrogen and oxygen atoms in total. The molecule has 0 spiro atoms. The maximum Gasteiger partial charge on any atom is 0.148 e. The van der Waals surface area contributed by atoms with Crippen LogP contribution in [0.1, 0.15) is 17.2 Å². The first kappa shape index (κ1) is 15.5. The number of methoxy groups -OCH3 is 1. The molecule has 7 heteroatoms. The predicted molar refractivity (Wildman–Crippen MR) is 80.1 cm³/mol. The van der Waals surface area contributed by atoms with Crippen LogP contribution < -0.4 is 10.5 Å². The van der Waals surface area contributed by atoms with E-state index in [1.54, 1.807) is 7.11 Å². The Bertz CT molecular complexity index is 627. The maximum atomic E-state index is 12.3. The molecule has 0 radical (unpaired) electrons. The van der Waals surface area contributed by atoms with E-state index in [2.05, 4.69) is 0 Å². The molecule has 0 aromatic heterocycles. The van der Waals surface area contributed by atoms with Crippen molar-refractivity contribution in [1.82, 2.24) is 0 Å². The summed E-state index contributed by atoms with van der Waals surface area (Å²) < 4.78 is 39.7. The van der Waals surface area contributed by atoms with E-state index in [-0.39, 0.29) is 22.8 Å². The van der Waals surface area contributed by atoms with Crippen molar-refractivity contribution in [1.29, 1.82) is 0 Å². The molecule has 0 saturated carbocycles. The van der Waals surface area contributed by atoms with Crippen LogP contribution in [-0.2, 0) is 27.1 Å². The Morgan fingerprint density at radius 3 is 2.75 bits per heavy atom. The zero-order chi connectivity index (χ0) is 14.9. The Morgan fingerprint density at radius 2 is 2.15 bits per heavy atom. The highest BCUT2D eigenvalue weighted by molar-refractivity contribution is 7.92. The number of fused-ring (bicyclic) bond motifs is 1. The summed E-state index contributed by atoms with van der Waals surface area (Å²) in [5.41, 5.74) is 8.17. The molecule has 0 fully saturated rings. The zero-order valence-electron chi connectivity index (χ0n) is 11.5. The average molecular weight is 317 g/mol. The minimum absolute atomic E-state index is 0.0670. The molecule has 0 amide bonds. The van der Waals surface area contributed by atoms with E-state index in [0.717, 1.165) is 23.1 Å². The van der Waals surface area contributed by atoms with Gasteiger partial charge in [0.2, 0.25) is 0 Å². The zero-order valence-corrected chi connectivity index (χ0v) is 13.2. The lowest BCUT2D eigenvalue weighted by Crippen LogP contribution is -2.30. The Kier molecular flexibility index (Phi) is 4.51. The quantitative estimate of drug-likeness (QED) is 0.850. The van der Waals surface area contributed by atoms with E-state index >= 15 is 0 Å². The first-order valence-corrected chi connectivity index (χ1v) is 9.73. The average Bonchev–Trinajstić information content (AvgIpc) is 2.72. The van der Waals surface area contributed by atoms with Crippen LogP contribution >= 0.6 is 0 Å². The monoisotopic (exact) mass is 317 g/mol. The third-order valence-corrected chi connectivity index (χ3v) is 6.47. The van der Waals surface area contributed by atoms with Gasteiger partial charge in [-0.05, 0) is 29.7 Å². The third kappa shape index (κ3) is 3.39. The van der Waals surface area contributed by atoms with Gasteiger partial charge in [0, 0.05) is 28.9 Å². The second-order valence-electron chi connectivity index (χ2n) is 5.05. The SMILES string of the molecule is COc1ccc2c(c1)C(N)C(S(=O)CCS(C)(=O)=O)C2. The summed E-state index contributed by atoms with van der Waals surface area (Å²) in [5, 5.41) is -0.223. The smallest absolute Gasteiger partial charge is 0.148 e. The van der Waals surface area contributed by atoms with E-state index in [9.17, 15) is 12.6 Å². The minimum atomic E-state index is -3.10. The third-order valence-electron chi connectivity index (χ3n) is 3.53. The molecule has 0 heterocycles. The van der Waals surface area contributed by atoms with Crippen molar-refractivity contribution in [2.45, 2.75) is 17.7 Å². The Balaban J connectivity index is 2.12. The molecule has 1 aromatic carbocycles. The summed E-state index contributed by atoms with van der Waals surface area (Å²) in [7, 11) is -2.76. The van der Waals surface area contributed by atoms with E-state index < -0.39 is 20.6 Å². The van der Waals surface area contributed by atoms with Gasteiger partial charge >= 0.3 is 0 Å². The summed E-state index contributed by atoms with van der Waals surface area (Å²) >= 11 is 0. The van der Waals surface area contributed by atoms with Gasteiger partial charge in [0.05, 0.1) is 18.1 Å². The summed E-state index contributed by atoms with van der Waals surface area (Å²) in [6.45, 7) is 0. The lowest BCUT2D eigenvalue weighted by atomic mass is 10.1. The molecule has 0 bridgehead atoms. The molecular weight excluding hydrogens is 298 g/mol. The van der Waals surface area contributed by atoms with Crippen LogP contribution in [0.5, 0.6) is 5.75 Å². The van der Waals surface area contributed by atoms with Crippen molar-refractivity contribution in [3.8, 4) is 5.75 Å². The van der Waals surface area contributed by atoms with Crippen molar-refractivity contribution in [2.24, 2.45) is 5.73 Å². The van der Waals surface area contributed by atoms with Gasteiger partial charge in [-0.2, -0.15) is 0 Å². The van der Waals surface area contributed by atoms with Gasteiger partial charge in [-0.15, -0.1) is 0 Å². The van der Waals surface area contributed by atoms with Gasteiger partial charge in [-0.3, -0.25) is 4.21 Å². The van der Waals surface area contributed by atoms with Crippen LogP contribution in [0.3, 0.4) is 0 Å². The highest BCUT2D eigenvalue weighted by Crippen LogP contribution is 2.35. The van der Waals surface area contributed by atoms with Gasteiger partial charge < -0.3 is 10.5 Å². The van der Waals surface area contributed by atoms with E-state index in [4.69, 9.17) is 10.5 Å².